The molecule has 2 aromatic rings. The lowest BCUT2D eigenvalue weighted by atomic mass is 10.1. The van der Waals surface area contributed by atoms with Crippen molar-refractivity contribution in [2.45, 2.75) is 9.46 Å². The molecule has 0 saturated heterocycles. The number of hydrogen-bond donors (Lipinski definition) is 1. The minimum absolute atomic E-state index is 0.00425. The molecule has 0 saturated carbocycles. The molecule has 1 atom stereocenters. The van der Waals surface area contributed by atoms with Crippen LogP contribution >= 0.6 is 11.3 Å². The quantitative estimate of drug-likeness (QED) is 0.880. The highest BCUT2D eigenvalue weighted by atomic mass is 32.2. The van der Waals surface area contributed by atoms with Crippen LogP contribution in [0.1, 0.15) is 10.8 Å². The molecule has 0 radical (unpaired) electrons. The molecule has 0 spiro atoms. The highest BCUT2D eigenvalue weighted by Gasteiger charge is 2.29. The van der Waals surface area contributed by atoms with Crippen molar-refractivity contribution in [1.82, 2.24) is 0 Å². The average Bonchev–Trinajstić information content (AvgIpc) is 3.02. The fourth-order valence-corrected chi connectivity index (χ4v) is 4.87. The van der Waals surface area contributed by atoms with Crippen LogP contribution in [0.25, 0.3) is 0 Å². The molecule has 21 heavy (non-hydrogen) atoms. The minimum Gasteiger partial charge on any atom is -0.493 e. The number of ether oxygens (including phenoxy) is 2. The Labute approximate surface area is 128 Å². The van der Waals surface area contributed by atoms with Crippen molar-refractivity contribution in [1.29, 1.82) is 0 Å². The summed E-state index contributed by atoms with van der Waals surface area (Å²) >= 11 is 1.19. The number of sulfone groups is 1. The first-order valence-electron chi connectivity index (χ1n) is 6.24. The van der Waals surface area contributed by atoms with Crippen LogP contribution in [0.4, 0.5) is 0 Å². The van der Waals surface area contributed by atoms with Crippen molar-refractivity contribution in [3.63, 3.8) is 0 Å². The van der Waals surface area contributed by atoms with Crippen molar-refractivity contribution >= 4 is 21.2 Å². The normalized spacial score (nSPS) is 12.9. The molecule has 0 fully saturated rings. The Morgan fingerprint density at radius 3 is 2.43 bits per heavy atom. The lowest BCUT2D eigenvalue weighted by Gasteiger charge is -2.17. The van der Waals surface area contributed by atoms with Gasteiger partial charge in [0.15, 0.2) is 21.3 Å². The van der Waals surface area contributed by atoms with Gasteiger partial charge in [0.2, 0.25) is 0 Å². The van der Waals surface area contributed by atoms with Crippen LogP contribution in [-0.2, 0) is 9.84 Å². The molecule has 2 N–H and O–H groups in total. The fourth-order valence-electron chi connectivity index (χ4n) is 2.06. The SMILES string of the molecule is COc1ccc([C@@H](CN)S(=O)(=O)c2cccs2)cc1OC. The third-order valence-electron chi connectivity index (χ3n) is 3.14. The fraction of sp³-hybridized carbons (Fsp3) is 0.286. The van der Waals surface area contributed by atoms with Gasteiger partial charge in [-0.1, -0.05) is 12.1 Å². The van der Waals surface area contributed by atoms with E-state index in [1.807, 2.05) is 0 Å². The number of benzene rings is 1. The Morgan fingerprint density at radius 1 is 1.19 bits per heavy atom. The first-order chi connectivity index (χ1) is 10.0. The van der Waals surface area contributed by atoms with Gasteiger partial charge >= 0.3 is 0 Å². The summed E-state index contributed by atoms with van der Waals surface area (Å²) in [7, 11) is -0.473. The van der Waals surface area contributed by atoms with Crippen LogP contribution in [0.5, 0.6) is 11.5 Å². The Morgan fingerprint density at radius 2 is 1.90 bits per heavy atom. The second-order valence-corrected chi connectivity index (χ2v) is 7.62. The van der Waals surface area contributed by atoms with Gasteiger partial charge in [-0.2, -0.15) is 0 Å². The van der Waals surface area contributed by atoms with Gasteiger partial charge in [0.1, 0.15) is 9.46 Å². The third kappa shape index (κ3) is 3.04. The maximum absolute atomic E-state index is 12.6. The highest BCUT2D eigenvalue weighted by Crippen LogP contribution is 2.35. The summed E-state index contributed by atoms with van der Waals surface area (Å²) in [5, 5.41) is 0.922. The zero-order valence-corrected chi connectivity index (χ0v) is 13.4. The van der Waals surface area contributed by atoms with Crippen LogP contribution in [0.3, 0.4) is 0 Å². The van der Waals surface area contributed by atoms with Gasteiger partial charge in [-0.25, -0.2) is 8.42 Å². The Balaban J connectivity index is 2.47. The van der Waals surface area contributed by atoms with Crippen molar-refractivity contribution in [3.05, 3.63) is 41.3 Å². The molecular formula is C14H17NO4S2. The summed E-state index contributed by atoms with van der Waals surface area (Å²) in [4.78, 5) is 0. The number of methoxy groups -OCH3 is 2. The first kappa shape index (κ1) is 15.8. The lowest BCUT2D eigenvalue weighted by Crippen LogP contribution is -2.21. The summed E-state index contributed by atoms with van der Waals surface area (Å²) in [5.41, 5.74) is 6.30. The van der Waals surface area contributed by atoms with Gasteiger partial charge in [-0.3, -0.25) is 0 Å². The molecule has 1 aromatic heterocycles. The first-order valence-corrected chi connectivity index (χ1v) is 8.66. The zero-order valence-electron chi connectivity index (χ0n) is 11.8. The molecule has 2 rings (SSSR count). The van der Waals surface area contributed by atoms with Crippen molar-refractivity contribution in [3.8, 4) is 11.5 Å². The van der Waals surface area contributed by atoms with Crippen LogP contribution in [-0.4, -0.2) is 29.2 Å². The molecule has 1 aromatic carbocycles. The van der Waals surface area contributed by atoms with Gasteiger partial charge in [-0.15, -0.1) is 11.3 Å². The van der Waals surface area contributed by atoms with Gasteiger partial charge in [-0.05, 0) is 29.1 Å². The van der Waals surface area contributed by atoms with E-state index in [4.69, 9.17) is 15.2 Å². The molecule has 7 heteroatoms. The molecule has 0 aliphatic carbocycles. The van der Waals surface area contributed by atoms with Gasteiger partial charge in [0, 0.05) is 6.54 Å². The molecule has 0 bridgehead atoms. The Kier molecular flexibility index (Phi) is 4.87. The van der Waals surface area contributed by atoms with E-state index in [0.717, 1.165) is 0 Å². The Bertz CT molecular complexity index is 696. The second kappa shape index (κ2) is 6.46. The van der Waals surface area contributed by atoms with E-state index >= 15 is 0 Å². The van der Waals surface area contributed by atoms with Crippen molar-refractivity contribution in [2.24, 2.45) is 5.73 Å². The number of rotatable bonds is 6. The van der Waals surface area contributed by atoms with Crippen molar-refractivity contribution in [2.75, 3.05) is 20.8 Å². The van der Waals surface area contributed by atoms with Crippen LogP contribution in [0.15, 0.2) is 39.9 Å². The molecular weight excluding hydrogens is 310 g/mol. The highest BCUT2D eigenvalue weighted by molar-refractivity contribution is 7.93. The summed E-state index contributed by atoms with van der Waals surface area (Å²) < 4.78 is 36.0. The van der Waals surface area contributed by atoms with E-state index in [1.165, 1.54) is 25.6 Å². The maximum atomic E-state index is 12.6. The topological polar surface area (TPSA) is 78.6 Å². The van der Waals surface area contributed by atoms with E-state index in [-0.39, 0.29) is 6.54 Å². The molecule has 0 aliphatic heterocycles. The summed E-state index contributed by atoms with van der Waals surface area (Å²) in [5.74, 6) is 1.03. The van der Waals surface area contributed by atoms with Crippen LogP contribution in [0.2, 0.25) is 0 Å². The predicted molar refractivity (Wildman–Crippen MR) is 82.8 cm³/mol. The lowest BCUT2D eigenvalue weighted by molar-refractivity contribution is 0.354. The number of hydrogen-bond acceptors (Lipinski definition) is 6. The molecule has 5 nitrogen and oxygen atoms in total. The van der Waals surface area contributed by atoms with Gasteiger partial charge < -0.3 is 15.2 Å². The smallest absolute Gasteiger partial charge is 0.195 e. The second-order valence-electron chi connectivity index (χ2n) is 4.32. The van der Waals surface area contributed by atoms with E-state index in [0.29, 0.717) is 21.3 Å². The van der Waals surface area contributed by atoms with Crippen LogP contribution < -0.4 is 15.2 Å². The summed E-state index contributed by atoms with van der Waals surface area (Å²) in [6, 6.07) is 8.33. The Hall–Kier alpha value is -1.57. The summed E-state index contributed by atoms with van der Waals surface area (Å²) in [6.07, 6.45) is 0. The zero-order chi connectivity index (χ0) is 15.5. The minimum atomic E-state index is -3.51. The van der Waals surface area contributed by atoms with Crippen molar-refractivity contribution < 1.29 is 17.9 Å². The molecule has 0 amide bonds. The molecule has 1 heterocycles. The van der Waals surface area contributed by atoms with Crippen LogP contribution in [0, 0.1) is 0 Å². The maximum Gasteiger partial charge on any atom is 0.195 e. The largest absolute Gasteiger partial charge is 0.493 e. The predicted octanol–water partition coefficient (Wildman–Crippen LogP) is 2.24. The monoisotopic (exact) mass is 327 g/mol. The molecule has 114 valence electrons. The van der Waals surface area contributed by atoms with Gasteiger partial charge in [0.25, 0.3) is 0 Å². The third-order valence-corrected chi connectivity index (χ3v) is 6.70. The average molecular weight is 327 g/mol. The standard InChI is InChI=1S/C14H17NO4S2/c1-18-11-6-5-10(8-12(11)19-2)13(9-15)21(16,17)14-4-3-7-20-14/h3-8,13H,9,15H2,1-2H3/t13-/m1/s1. The number of nitrogens with two attached hydrogens (primary N) is 1. The van der Waals surface area contributed by atoms with Gasteiger partial charge in [0.05, 0.1) is 14.2 Å². The summed E-state index contributed by atoms with van der Waals surface area (Å²) in [6.45, 7) is -0.00425. The number of thiophene rings is 1. The van der Waals surface area contributed by atoms with E-state index in [1.54, 1.807) is 35.7 Å². The van der Waals surface area contributed by atoms with E-state index in [9.17, 15) is 8.42 Å². The van der Waals surface area contributed by atoms with E-state index in [2.05, 4.69) is 0 Å². The molecule has 0 unspecified atom stereocenters. The van der Waals surface area contributed by atoms with E-state index < -0.39 is 15.1 Å². The molecule has 0 aliphatic rings.